The second kappa shape index (κ2) is 19.0. The van der Waals surface area contributed by atoms with Gasteiger partial charge in [-0.3, -0.25) is 0 Å². The molecule has 0 unspecified atom stereocenters. The number of nitrogens with one attached hydrogen (secondary N) is 1. The molecule has 0 saturated carbocycles. The van der Waals surface area contributed by atoms with Crippen LogP contribution in [-0.2, 0) is 15.8 Å². The summed E-state index contributed by atoms with van der Waals surface area (Å²) < 4.78 is 13.6. The molecule has 0 spiro atoms. The van der Waals surface area contributed by atoms with Crippen LogP contribution < -0.4 is 26.1 Å². The Bertz CT molecular complexity index is 1680. The van der Waals surface area contributed by atoms with E-state index in [0.29, 0.717) is 11.6 Å². The van der Waals surface area contributed by atoms with Gasteiger partial charge >= 0.3 is 6.09 Å². The minimum atomic E-state index is -2.64. The van der Waals surface area contributed by atoms with Crippen molar-refractivity contribution in [1.82, 2.24) is 5.32 Å². The van der Waals surface area contributed by atoms with Gasteiger partial charge in [-0.15, -0.1) is 0 Å². The number of halogens is 1. The summed E-state index contributed by atoms with van der Waals surface area (Å²) in [4.78, 5) is 12.5. The fourth-order valence-corrected chi connectivity index (χ4v) is 22.0. The summed E-state index contributed by atoms with van der Waals surface area (Å²) >= 11 is 2.60. The van der Waals surface area contributed by atoms with E-state index < -0.39 is 22.5 Å². The van der Waals surface area contributed by atoms with E-state index in [1.165, 1.54) is 14.4 Å². The van der Waals surface area contributed by atoms with Crippen molar-refractivity contribution in [3.8, 4) is 0 Å². The molecule has 1 atom stereocenters. The summed E-state index contributed by atoms with van der Waals surface area (Å²) in [7, 11) is -4.38. The van der Waals surface area contributed by atoms with Crippen molar-refractivity contribution in [2.24, 2.45) is 0 Å². The van der Waals surface area contributed by atoms with Gasteiger partial charge < -0.3 is 14.5 Å². The summed E-state index contributed by atoms with van der Waals surface area (Å²) in [5.74, 6) is 0. The molecule has 52 heavy (non-hydrogen) atoms. The van der Waals surface area contributed by atoms with Crippen LogP contribution in [0.3, 0.4) is 0 Å². The highest BCUT2D eigenvalue weighted by Gasteiger charge is 2.50. The van der Waals surface area contributed by atoms with E-state index in [1.54, 1.807) is 10.4 Å². The van der Waals surface area contributed by atoms with E-state index in [4.69, 9.17) is 9.16 Å². The van der Waals surface area contributed by atoms with Crippen molar-refractivity contribution in [3.63, 3.8) is 0 Å². The number of amides is 1. The zero-order valence-electron chi connectivity index (χ0n) is 31.9. The largest absolute Gasteiger partial charge is 0.445 e. The number of ether oxygens (including phenoxy) is 1. The monoisotopic (exact) mass is 841 g/mol. The second-order valence-corrected chi connectivity index (χ2v) is 26.6. The zero-order chi connectivity index (χ0) is 37.7. The first-order valence-corrected chi connectivity index (χ1v) is 23.9. The van der Waals surface area contributed by atoms with Crippen LogP contribution in [0.25, 0.3) is 0 Å². The lowest BCUT2D eigenvalue weighted by Gasteiger charge is -2.43. The number of alkyl halides is 1. The summed E-state index contributed by atoms with van der Waals surface area (Å²) in [5, 5.41) is 8.74. The van der Waals surface area contributed by atoms with Crippen LogP contribution in [0.1, 0.15) is 60.5 Å². The Morgan fingerprint density at radius 1 is 0.615 bits per heavy atom. The number of carbonyl (C=O) groups is 1. The summed E-state index contributed by atoms with van der Waals surface area (Å²) in [5.41, 5.74) is 0.962. The minimum absolute atomic E-state index is 0.109. The number of carbonyl (C=O) groups excluding carboxylic acids is 1. The molecule has 7 heteroatoms. The van der Waals surface area contributed by atoms with Gasteiger partial charge in [-0.05, 0) is 32.4 Å². The van der Waals surface area contributed by atoms with E-state index in [2.05, 4.69) is 186 Å². The maximum Gasteiger partial charge on any atom is 0.407 e. The van der Waals surface area contributed by atoms with Crippen LogP contribution in [0, 0.1) is 0 Å². The predicted octanol–water partition coefficient (Wildman–Crippen LogP) is 9.29. The molecule has 0 bridgehead atoms. The molecule has 274 valence electrons. The summed E-state index contributed by atoms with van der Waals surface area (Å²) in [6.07, 6.45) is 0.329. The minimum Gasteiger partial charge on any atom is -0.445 e. The fraction of sp³-hybridized carbons (Fsp3) is 0.311. The molecule has 0 aliphatic carbocycles. The van der Waals surface area contributed by atoms with Crippen molar-refractivity contribution < 1.29 is 14.0 Å². The van der Waals surface area contributed by atoms with Gasteiger partial charge in [0.25, 0.3) is 8.32 Å². The van der Waals surface area contributed by atoms with E-state index in [1.807, 2.05) is 42.5 Å². The lowest BCUT2D eigenvalue weighted by atomic mass is 10.2. The number of hydrogen-bond acceptors (Lipinski definition) is 3. The van der Waals surface area contributed by atoms with Gasteiger partial charge in [-0.2, -0.15) is 0 Å². The van der Waals surface area contributed by atoms with Crippen molar-refractivity contribution in [1.29, 1.82) is 0 Å². The molecule has 1 N–H and O–H groups in total. The van der Waals surface area contributed by atoms with Gasteiger partial charge in [0.15, 0.2) is 0 Å². The third kappa shape index (κ3) is 9.92. The SMILES string of the molecule is CC(C)(C)[Si](CI)(c1ccccc1)c1ccccc1.CC[C@@H](CO[Si](c1ccccc1)(c1ccccc1)C(C)(C)C)NC(=O)OCc1ccccc1. The quantitative estimate of drug-likeness (QED) is 0.0775. The van der Waals surface area contributed by atoms with Crippen molar-refractivity contribution in [2.75, 3.05) is 10.7 Å². The molecule has 0 aliphatic rings. The van der Waals surface area contributed by atoms with Gasteiger partial charge in [-0.1, -0.05) is 233 Å². The van der Waals surface area contributed by atoms with E-state index >= 15 is 0 Å². The van der Waals surface area contributed by atoms with Gasteiger partial charge in [-0.25, -0.2) is 4.79 Å². The second-order valence-electron chi connectivity index (χ2n) is 15.3. The third-order valence-electron chi connectivity index (χ3n) is 9.96. The molecule has 1 amide bonds. The standard InChI is InChI=1S/C28H35NO3Si.C17H21ISi/c1-5-24(29-27(30)31-21-23-15-9-6-10-16-23)22-32-33(28(2,3)4,25-17-11-7-12-18-25)26-19-13-8-14-20-26;1-17(2,3)19(14-18,15-10-6-4-7-11-15)16-12-8-5-9-13-16/h6-20,24H,5,21-22H2,1-4H3,(H,29,30);4-13H,14H2,1-3H3/t24-;/m0./s1. The van der Waals surface area contributed by atoms with Crippen LogP contribution >= 0.6 is 22.6 Å². The lowest BCUT2D eigenvalue weighted by molar-refractivity contribution is 0.129. The molecular weight excluding hydrogens is 786 g/mol. The van der Waals surface area contributed by atoms with Crippen LogP contribution in [0.4, 0.5) is 4.79 Å². The zero-order valence-corrected chi connectivity index (χ0v) is 36.1. The first-order valence-electron chi connectivity index (χ1n) is 18.3. The topological polar surface area (TPSA) is 47.6 Å². The van der Waals surface area contributed by atoms with Gasteiger partial charge in [0.05, 0.1) is 12.6 Å². The molecule has 0 aromatic heterocycles. The Labute approximate surface area is 328 Å². The average Bonchev–Trinajstić information content (AvgIpc) is 3.15. The smallest absolute Gasteiger partial charge is 0.407 e. The van der Waals surface area contributed by atoms with E-state index in [0.717, 1.165) is 12.0 Å². The molecule has 0 aliphatic heterocycles. The van der Waals surface area contributed by atoms with Crippen LogP contribution in [0.2, 0.25) is 10.1 Å². The molecule has 5 rings (SSSR count). The van der Waals surface area contributed by atoms with Crippen molar-refractivity contribution in [3.05, 3.63) is 157 Å². The Kier molecular flexibility index (Phi) is 15.1. The average molecular weight is 842 g/mol. The van der Waals surface area contributed by atoms with Crippen LogP contribution in [0.15, 0.2) is 152 Å². The van der Waals surface area contributed by atoms with Crippen LogP contribution in [-0.4, -0.2) is 39.2 Å². The molecular formula is C45H56INO3Si2. The van der Waals surface area contributed by atoms with Crippen LogP contribution in [0.5, 0.6) is 0 Å². The molecule has 0 fully saturated rings. The molecule has 0 saturated heterocycles. The Hall–Kier alpha value is -3.51. The van der Waals surface area contributed by atoms with E-state index in [9.17, 15) is 4.79 Å². The molecule has 5 aromatic rings. The highest BCUT2D eigenvalue weighted by Crippen LogP contribution is 2.38. The van der Waals surface area contributed by atoms with Crippen molar-refractivity contribution in [2.45, 2.75) is 77.6 Å². The van der Waals surface area contributed by atoms with E-state index in [-0.39, 0.29) is 17.7 Å². The van der Waals surface area contributed by atoms with Gasteiger partial charge in [0.1, 0.15) is 14.7 Å². The maximum atomic E-state index is 12.5. The molecule has 0 heterocycles. The molecule has 4 nitrogen and oxygen atoms in total. The van der Waals surface area contributed by atoms with Crippen molar-refractivity contribution >= 4 is 65.8 Å². The number of hydrogen-bond donors (Lipinski definition) is 1. The normalized spacial score (nSPS) is 12.6. The Balaban J connectivity index is 0.000000269. The fourth-order valence-electron chi connectivity index (χ4n) is 7.01. The lowest BCUT2D eigenvalue weighted by Crippen LogP contribution is -2.67. The number of benzene rings is 5. The summed E-state index contributed by atoms with van der Waals surface area (Å²) in [6.45, 7) is 16.7. The Morgan fingerprint density at radius 2 is 1.00 bits per heavy atom. The number of rotatable bonds is 12. The first kappa shape index (κ1) is 41.3. The third-order valence-corrected chi connectivity index (χ3v) is 24.0. The highest BCUT2D eigenvalue weighted by atomic mass is 127. The molecule has 5 aromatic carbocycles. The summed E-state index contributed by atoms with van der Waals surface area (Å²) in [6, 6.07) is 52.9. The maximum absolute atomic E-state index is 12.5. The predicted molar refractivity (Wildman–Crippen MR) is 234 cm³/mol. The Morgan fingerprint density at radius 3 is 1.35 bits per heavy atom. The number of alkyl carbamates (subject to hydrolysis) is 1. The van der Waals surface area contributed by atoms with Gasteiger partial charge in [0, 0.05) is 4.05 Å². The van der Waals surface area contributed by atoms with Gasteiger partial charge in [0.2, 0.25) is 0 Å². The first-order chi connectivity index (χ1) is 24.9. The highest BCUT2D eigenvalue weighted by molar-refractivity contribution is 14.1. The molecule has 0 radical (unpaired) electrons.